The lowest BCUT2D eigenvalue weighted by Crippen LogP contribution is -2.52. The first-order valence-electron chi connectivity index (χ1n) is 13.2. The molecule has 3 aliphatic rings. The summed E-state index contributed by atoms with van der Waals surface area (Å²) in [5.41, 5.74) is 0.442. The molecule has 0 N–H and O–H groups in total. The van der Waals surface area contributed by atoms with E-state index in [-0.39, 0.29) is 43.2 Å². The van der Waals surface area contributed by atoms with Gasteiger partial charge in [0.05, 0.1) is 12.2 Å². The Morgan fingerprint density at radius 1 is 0.757 bits per heavy atom. The lowest BCUT2D eigenvalue weighted by molar-refractivity contribution is -0.121. The molecule has 0 spiro atoms. The lowest BCUT2D eigenvalue weighted by atomic mass is 9.91. The Balaban J connectivity index is 1.07. The van der Waals surface area contributed by atoms with Gasteiger partial charge in [-0.1, -0.05) is 30.3 Å². The second-order valence-electron chi connectivity index (χ2n) is 10.9. The summed E-state index contributed by atoms with van der Waals surface area (Å²) in [6.07, 6.45) is 1.98. The molecular formula is C27H39N3O7. The summed E-state index contributed by atoms with van der Waals surface area (Å²) < 4.78 is 22.6. The molecule has 0 atom stereocenters. The normalized spacial score (nSPS) is 22.7. The number of hydrogen-bond donors (Lipinski definition) is 0. The topological polar surface area (TPSA) is 97.8 Å². The third-order valence-electron chi connectivity index (χ3n) is 6.80. The standard InChI is InChI=1S/C27H39N3O7/c1-27(2,3)37-26(33)28-11-9-21(10-12-28)35-22-17-23(18-22)36-25(32)30-15-13-29(14-16-30)24(31)34-19-20-7-5-4-6-8-20/h4-8,21-23H,9-19H2,1-3H3. The van der Waals surface area contributed by atoms with Gasteiger partial charge in [-0.05, 0) is 39.2 Å². The molecule has 10 heteroatoms. The molecule has 0 bridgehead atoms. The van der Waals surface area contributed by atoms with Gasteiger partial charge in [-0.3, -0.25) is 0 Å². The molecule has 37 heavy (non-hydrogen) atoms. The fraction of sp³-hybridized carbons (Fsp3) is 0.667. The van der Waals surface area contributed by atoms with Gasteiger partial charge in [0.25, 0.3) is 0 Å². The fourth-order valence-electron chi connectivity index (χ4n) is 4.60. The van der Waals surface area contributed by atoms with E-state index in [9.17, 15) is 14.4 Å². The number of piperidine rings is 1. The molecule has 1 saturated carbocycles. The van der Waals surface area contributed by atoms with Crippen LogP contribution in [0.4, 0.5) is 14.4 Å². The van der Waals surface area contributed by atoms with E-state index in [0.717, 1.165) is 18.4 Å². The van der Waals surface area contributed by atoms with Crippen LogP contribution in [-0.2, 0) is 25.6 Å². The molecule has 0 radical (unpaired) electrons. The maximum atomic E-state index is 12.6. The van der Waals surface area contributed by atoms with Crippen molar-refractivity contribution in [1.29, 1.82) is 0 Å². The van der Waals surface area contributed by atoms with Crippen molar-refractivity contribution in [2.75, 3.05) is 39.3 Å². The quantitative estimate of drug-likeness (QED) is 0.544. The van der Waals surface area contributed by atoms with Gasteiger partial charge in [-0.15, -0.1) is 0 Å². The second kappa shape index (κ2) is 12.0. The van der Waals surface area contributed by atoms with E-state index >= 15 is 0 Å². The molecule has 0 unspecified atom stereocenters. The molecule has 0 aromatic heterocycles. The number of ether oxygens (including phenoxy) is 4. The fourth-order valence-corrected chi connectivity index (χ4v) is 4.60. The number of likely N-dealkylation sites (tertiary alicyclic amines) is 1. The van der Waals surface area contributed by atoms with Gasteiger partial charge in [0, 0.05) is 52.1 Å². The van der Waals surface area contributed by atoms with Gasteiger partial charge in [-0.25, -0.2) is 14.4 Å². The molecule has 1 aromatic rings. The van der Waals surface area contributed by atoms with Crippen LogP contribution in [0.2, 0.25) is 0 Å². The zero-order valence-corrected chi connectivity index (χ0v) is 22.1. The Kier molecular flexibility index (Phi) is 8.79. The lowest BCUT2D eigenvalue weighted by Gasteiger charge is -2.40. The third kappa shape index (κ3) is 7.99. The molecule has 1 aromatic carbocycles. The Bertz CT molecular complexity index is 914. The van der Waals surface area contributed by atoms with Crippen molar-refractivity contribution in [2.45, 2.75) is 77.0 Å². The van der Waals surface area contributed by atoms with Gasteiger partial charge in [0.15, 0.2) is 0 Å². The third-order valence-corrected chi connectivity index (χ3v) is 6.80. The number of benzene rings is 1. The van der Waals surface area contributed by atoms with Gasteiger partial charge >= 0.3 is 18.3 Å². The SMILES string of the molecule is CC(C)(C)OC(=O)N1CCC(OC2CC(OC(=O)N3CCN(C(=O)OCc4ccccc4)CC3)C2)CC1. The monoisotopic (exact) mass is 517 g/mol. The van der Waals surface area contributed by atoms with Gasteiger partial charge < -0.3 is 33.6 Å². The summed E-state index contributed by atoms with van der Waals surface area (Å²) in [6.45, 7) is 8.75. The Hall–Kier alpha value is -3.01. The number of rotatable bonds is 5. The van der Waals surface area contributed by atoms with Crippen molar-refractivity contribution < 1.29 is 33.3 Å². The average molecular weight is 518 g/mol. The summed E-state index contributed by atoms with van der Waals surface area (Å²) >= 11 is 0. The molecule has 2 aliphatic heterocycles. The highest BCUT2D eigenvalue weighted by Gasteiger charge is 2.37. The van der Waals surface area contributed by atoms with Crippen LogP contribution in [-0.4, -0.2) is 96.2 Å². The number of amides is 3. The average Bonchev–Trinajstić information content (AvgIpc) is 2.86. The molecule has 10 nitrogen and oxygen atoms in total. The van der Waals surface area contributed by atoms with Gasteiger partial charge in [0.1, 0.15) is 18.3 Å². The molecule has 3 amide bonds. The Morgan fingerprint density at radius 2 is 1.32 bits per heavy atom. The van der Waals surface area contributed by atoms with Crippen LogP contribution >= 0.6 is 0 Å². The minimum atomic E-state index is -0.495. The van der Waals surface area contributed by atoms with Crippen LogP contribution < -0.4 is 0 Å². The van der Waals surface area contributed by atoms with E-state index in [4.69, 9.17) is 18.9 Å². The van der Waals surface area contributed by atoms with E-state index in [1.165, 1.54) is 0 Å². The minimum absolute atomic E-state index is 0.0760. The van der Waals surface area contributed by atoms with Crippen molar-refractivity contribution in [3.63, 3.8) is 0 Å². The van der Waals surface area contributed by atoms with Crippen molar-refractivity contribution >= 4 is 18.3 Å². The van der Waals surface area contributed by atoms with Crippen molar-refractivity contribution in [3.05, 3.63) is 35.9 Å². The van der Waals surface area contributed by atoms with Crippen LogP contribution in [0.25, 0.3) is 0 Å². The minimum Gasteiger partial charge on any atom is -0.446 e. The van der Waals surface area contributed by atoms with Crippen LogP contribution in [0.3, 0.4) is 0 Å². The Morgan fingerprint density at radius 3 is 1.92 bits per heavy atom. The van der Waals surface area contributed by atoms with Gasteiger partial charge in [0.2, 0.25) is 0 Å². The van der Waals surface area contributed by atoms with Crippen molar-refractivity contribution in [1.82, 2.24) is 14.7 Å². The van der Waals surface area contributed by atoms with Crippen molar-refractivity contribution in [2.24, 2.45) is 0 Å². The summed E-state index contributed by atoms with van der Waals surface area (Å²) in [5.74, 6) is 0. The zero-order valence-electron chi connectivity index (χ0n) is 22.1. The predicted octanol–water partition coefficient (Wildman–Crippen LogP) is 4.02. The van der Waals surface area contributed by atoms with Crippen LogP contribution in [0.15, 0.2) is 30.3 Å². The van der Waals surface area contributed by atoms with Crippen LogP contribution in [0, 0.1) is 0 Å². The predicted molar refractivity (Wildman–Crippen MR) is 135 cm³/mol. The first-order chi connectivity index (χ1) is 17.7. The van der Waals surface area contributed by atoms with E-state index in [1.54, 1.807) is 14.7 Å². The molecule has 4 rings (SSSR count). The van der Waals surface area contributed by atoms with E-state index < -0.39 is 5.60 Å². The molecule has 204 valence electrons. The maximum Gasteiger partial charge on any atom is 0.410 e. The summed E-state index contributed by atoms with van der Waals surface area (Å²) in [5, 5.41) is 0. The molecule has 2 heterocycles. The van der Waals surface area contributed by atoms with E-state index in [2.05, 4.69) is 0 Å². The molecule has 3 fully saturated rings. The highest BCUT2D eigenvalue weighted by atomic mass is 16.6. The highest BCUT2D eigenvalue weighted by molar-refractivity contribution is 5.70. The summed E-state index contributed by atoms with van der Waals surface area (Å²) in [6, 6.07) is 9.54. The van der Waals surface area contributed by atoms with E-state index in [0.29, 0.717) is 52.1 Å². The first-order valence-corrected chi connectivity index (χ1v) is 13.2. The van der Waals surface area contributed by atoms with E-state index in [1.807, 2.05) is 51.1 Å². The number of carbonyl (C=O) groups is 3. The van der Waals surface area contributed by atoms with Crippen molar-refractivity contribution in [3.8, 4) is 0 Å². The smallest absolute Gasteiger partial charge is 0.410 e. The highest BCUT2D eigenvalue weighted by Crippen LogP contribution is 2.30. The zero-order chi connectivity index (χ0) is 26.4. The molecular weight excluding hydrogens is 478 g/mol. The molecule has 2 saturated heterocycles. The maximum absolute atomic E-state index is 12.6. The number of hydrogen-bond acceptors (Lipinski definition) is 7. The Labute approximate surface area is 218 Å². The largest absolute Gasteiger partial charge is 0.446 e. The van der Waals surface area contributed by atoms with Crippen LogP contribution in [0.1, 0.15) is 52.0 Å². The molecule has 1 aliphatic carbocycles. The number of carbonyl (C=O) groups excluding carboxylic acids is 3. The summed E-state index contributed by atoms with van der Waals surface area (Å²) in [7, 11) is 0. The number of nitrogens with zero attached hydrogens (tertiary/aromatic N) is 3. The number of piperazine rings is 1. The first kappa shape index (κ1) is 27.0. The second-order valence-corrected chi connectivity index (χ2v) is 10.9. The van der Waals surface area contributed by atoms with Crippen LogP contribution in [0.5, 0.6) is 0 Å². The van der Waals surface area contributed by atoms with Gasteiger partial charge in [-0.2, -0.15) is 0 Å². The summed E-state index contributed by atoms with van der Waals surface area (Å²) in [4.78, 5) is 42.1.